The lowest BCUT2D eigenvalue weighted by Gasteiger charge is -2.22. The van der Waals surface area contributed by atoms with E-state index in [-0.39, 0.29) is 23.5 Å². The highest BCUT2D eigenvalue weighted by Gasteiger charge is 2.38. The van der Waals surface area contributed by atoms with Gasteiger partial charge in [-0.15, -0.1) is 12.4 Å². The topological polar surface area (TPSA) is 70.0 Å². The van der Waals surface area contributed by atoms with Gasteiger partial charge in [0.1, 0.15) is 6.61 Å². The van der Waals surface area contributed by atoms with E-state index >= 15 is 0 Å². The van der Waals surface area contributed by atoms with Gasteiger partial charge >= 0.3 is 0 Å². The number of aliphatic hydroxyl groups is 1. The van der Waals surface area contributed by atoms with Crippen LogP contribution in [-0.2, 0) is 0 Å². The molecule has 0 saturated carbocycles. The summed E-state index contributed by atoms with van der Waals surface area (Å²) in [7, 11) is 0. The second-order valence-electron chi connectivity index (χ2n) is 3.10. The predicted octanol–water partition coefficient (Wildman–Crippen LogP) is 1.61. The van der Waals surface area contributed by atoms with Crippen LogP contribution in [0.25, 0.3) is 0 Å². The number of hydrogen-bond donors (Lipinski definition) is 2. The average molecular weight is 249 g/mol. The summed E-state index contributed by atoms with van der Waals surface area (Å²) < 4.78 is 26.1. The molecule has 3 nitrogen and oxygen atoms in total. The van der Waals surface area contributed by atoms with Crippen LogP contribution in [0.1, 0.15) is 17.2 Å². The van der Waals surface area contributed by atoms with Crippen LogP contribution in [0.5, 0.6) is 0 Å². The van der Waals surface area contributed by atoms with Gasteiger partial charge in [0.25, 0.3) is 5.92 Å². The smallest absolute Gasteiger partial charge is 0.289 e. The SMILES string of the molecule is Cl.N#Cc1ccccc1[C@@H](N)C(F)(F)CO. The first-order valence-corrected chi connectivity index (χ1v) is 4.26. The van der Waals surface area contributed by atoms with Gasteiger partial charge in [-0.3, -0.25) is 0 Å². The van der Waals surface area contributed by atoms with Crippen molar-refractivity contribution in [3.63, 3.8) is 0 Å². The van der Waals surface area contributed by atoms with Crippen molar-refractivity contribution in [2.24, 2.45) is 5.73 Å². The summed E-state index contributed by atoms with van der Waals surface area (Å²) in [4.78, 5) is 0. The summed E-state index contributed by atoms with van der Waals surface area (Å²) in [5.41, 5.74) is 5.43. The minimum atomic E-state index is -3.42. The van der Waals surface area contributed by atoms with Crippen LogP contribution in [-0.4, -0.2) is 17.6 Å². The standard InChI is InChI=1S/C10H10F2N2O.ClH/c11-10(12,6-15)9(14)8-4-2-1-3-7(8)5-13;/h1-4,9,15H,6,14H2;1H/t9-;/m1./s1. The Morgan fingerprint density at radius 3 is 2.50 bits per heavy atom. The van der Waals surface area contributed by atoms with Crippen molar-refractivity contribution in [2.75, 3.05) is 6.61 Å². The molecule has 16 heavy (non-hydrogen) atoms. The Labute approximate surface area is 97.9 Å². The first-order valence-electron chi connectivity index (χ1n) is 4.26. The Kier molecular flexibility index (Phi) is 5.31. The molecule has 3 N–H and O–H groups in total. The largest absolute Gasteiger partial charge is 0.390 e. The Morgan fingerprint density at radius 1 is 1.44 bits per heavy atom. The molecule has 1 atom stereocenters. The Hall–Kier alpha value is -1.22. The Morgan fingerprint density at radius 2 is 2.00 bits per heavy atom. The fraction of sp³-hybridized carbons (Fsp3) is 0.300. The normalized spacial score (nSPS) is 12.4. The number of halogens is 3. The molecule has 0 saturated heterocycles. The summed E-state index contributed by atoms with van der Waals surface area (Å²) in [5.74, 6) is -3.42. The maximum Gasteiger partial charge on any atom is 0.289 e. The minimum absolute atomic E-state index is 0. The molecule has 0 radical (unpaired) electrons. The first kappa shape index (κ1) is 14.8. The van der Waals surface area contributed by atoms with Gasteiger partial charge in [-0.2, -0.15) is 5.26 Å². The molecule has 0 fully saturated rings. The third-order valence-electron chi connectivity index (χ3n) is 2.08. The molecule has 0 spiro atoms. The molecule has 0 unspecified atom stereocenters. The fourth-order valence-electron chi connectivity index (χ4n) is 1.20. The third-order valence-corrected chi connectivity index (χ3v) is 2.08. The van der Waals surface area contributed by atoms with E-state index in [4.69, 9.17) is 16.1 Å². The van der Waals surface area contributed by atoms with E-state index in [9.17, 15) is 8.78 Å². The van der Waals surface area contributed by atoms with Crippen molar-refractivity contribution in [3.8, 4) is 6.07 Å². The van der Waals surface area contributed by atoms with Gasteiger partial charge in [-0.25, -0.2) is 8.78 Å². The van der Waals surface area contributed by atoms with Crippen LogP contribution in [0, 0.1) is 11.3 Å². The molecule has 0 aliphatic heterocycles. The van der Waals surface area contributed by atoms with Crippen molar-refractivity contribution >= 4 is 12.4 Å². The van der Waals surface area contributed by atoms with Gasteiger partial charge in [0.05, 0.1) is 17.7 Å². The second-order valence-corrected chi connectivity index (χ2v) is 3.10. The quantitative estimate of drug-likeness (QED) is 0.854. The van der Waals surface area contributed by atoms with Gasteiger partial charge in [-0.05, 0) is 11.6 Å². The highest BCUT2D eigenvalue weighted by molar-refractivity contribution is 5.85. The monoisotopic (exact) mass is 248 g/mol. The summed E-state index contributed by atoms with van der Waals surface area (Å²) in [5, 5.41) is 17.2. The lowest BCUT2D eigenvalue weighted by Crippen LogP contribution is -2.36. The number of nitriles is 1. The lowest BCUT2D eigenvalue weighted by molar-refractivity contribution is -0.0712. The van der Waals surface area contributed by atoms with Crippen LogP contribution in [0.3, 0.4) is 0 Å². The average Bonchev–Trinajstić information content (AvgIpc) is 2.28. The van der Waals surface area contributed by atoms with Gasteiger partial charge in [0, 0.05) is 0 Å². The van der Waals surface area contributed by atoms with E-state index in [0.29, 0.717) is 0 Å². The fourth-order valence-corrected chi connectivity index (χ4v) is 1.20. The highest BCUT2D eigenvalue weighted by Crippen LogP contribution is 2.30. The van der Waals surface area contributed by atoms with Gasteiger partial charge in [-0.1, -0.05) is 18.2 Å². The molecular weight excluding hydrogens is 238 g/mol. The number of rotatable bonds is 3. The van der Waals surface area contributed by atoms with E-state index in [1.807, 2.05) is 0 Å². The van der Waals surface area contributed by atoms with Crippen molar-refractivity contribution < 1.29 is 13.9 Å². The maximum absolute atomic E-state index is 13.1. The molecule has 0 aromatic heterocycles. The molecule has 0 amide bonds. The number of aliphatic hydroxyl groups excluding tert-OH is 1. The van der Waals surface area contributed by atoms with Gasteiger partial charge in [0.2, 0.25) is 0 Å². The number of benzene rings is 1. The minimum Gasteiger partial charge on any atom is -0.390 e. The zero-order valence-electron chi connectivity index (χ0n) is 8.23. The van der Waals surface area contributed by atoms with Gasteiger partial charge in [0.15, 0.2) is 0 Å². The second kappa shape index (κ2) is 5.75. The number of alkyl halides is 2. The Balaban J connectivity index is 0.00000225. The summed E-state index contributed by atoms with van der Waals surface area (Å²) >= 11 is 0. The molecule has 0 bridgehead atoms. The lowest BCUT2D eigenvalue weighted by atomic mass is 9.97. The highest BCUT2D eigenvalue weighted by atomic mass is 35.5. The molecule has 0 heterocycles. The van der Waals surface area contributed by atoms with Crippen LogP contribution in [0.15, 0.2) is 24.3 Å². The Bertz CT molecular complexity index is 393. The van der Waals surface area contributed by atoms with Crippen molar-refractivity contribution in [2.45, 2.75) is 12.0 Å². The summed E-state index contributed by atoms with van der Waals surface area (Å²) in [6.45, 7) is -1.34. The summed E-state index contributed by atoms with van der Waals surface area (Å²) in [6.07, 6.45) is 0. The van der Waals surface area contributed by atoms with Crippen molar-refractivity contribution in [1.29, 1.82) is 5.26 Å². The first-order chi connectivity index (χ1) is 7.03. The number of nitrogens with two attached hydrogens (primary N) is 1. The molecular formula is C10H11ClF2N2O. The molecule has 1 aromatic carbocycles. The molecule has 0 aliphatic carbocycles. The summed E-state index contributed by atoms with van der Waals surface area (Å²) in [6, 6.07) is 5.95. The van der Waals surface area contributed by atoms with Gasteiger partial charge < -0.3 is 10.8 Å². The van der Waals surface area contributed by atoms with Crippen LogP contribution >= 0.6 is 12.4 Å². The van der Waals surface area contributed by atoms with E-state index in [0.717, 1.165) is 0 Å². The van der Waals surface area contributed by atoms with Crippen molar-refractivity contribution in [3.05, 3.63) is 35.4 Å². The van der Waals surface area contributed by atoms with Crippen LogP contribution in [0.2, 0.25) is 0 Å². The molecule has 88 valence electrons. The third kappa shape index (κ3) is 2.89. The van der Waals surface area contributed by atoms with E-state index < -0.39 is 18.6 Å². The van der Waals surface area contributed by atoms with E-state index in [1.54, 1.807) is 12.1 Å². The van der Waals surface area contributed by atoms with Crippen LogP contribution < -0.4 is 5.73 Å². The maximum atomic E-state index is 13.1. The van der Waals surface area contributed by atoms with Crippen LogP contribution in [0.4, 0.5) is 8.78 Å². The zero-order chi connectivity index (χ0) is 11.5. The zero-order valence-corrected chi connectivity index (χ0v) is 9.05. The molecule has 6 heteroatoms. The number of hydrogen-bond acceptors (Lipinski definition) is 3. The van der Waals surface area contributed by atoms with E-state index in [1.165, 1.54) is 18.2 Å². The predicted molar refractivity (Wildman–Crippen MR) is 57.4 cm³/mol. The molecule has 1 aromatic rings. The molecule has 0 aliphatic rings. The number of nitrogens with zero attached hydrogens (tertiary/aromatic N) is 1. The van der Waals surface area contributed by atoms with Crippen molar-refractivity contribution in [1.82, 2.24) is 0 Å². The molecule has 1 rings (SSSR count). The van der Waals surface area contributed by atoms with E-state index in [2.05, 4.69) is 0 Å².